The summed E-state index contributed by atoms with van der Waals surface area (Å²) in [6, 6.07) is 4.67. The summed E-state index contributed by atoms with van der Waals surface area (Å²) in [4.78, 5) is 7.53. The molecule has 0 saturated carbocycles. The van der Waals surface area contributed by atoms with Gasteiger partial charge < -0.3 is 10.3 Å². The molecule has 3 nitrogen and oxygen atoms in total. The van der Waals surface area contributed by atoms with E-state index in [9.17, 15) is 0 Å². The van der Waals surface area contributed by atoms with Gasteiger partial charge in [0.25, 0.3) is 0 Å². The first-order chi connectivity index (χ1) is 8.76. The van der Waals surface area contributed by atoms with Gasteiger partial charge in [-0.05, 0) is 30.5 Å². The molecule has 1 unspecified atom stereocenters. The molecule has 0 aromatic carbocycles. The summed E-state index contributed by atoms with van der Waals surface area (Å²) in [5, 5.41) is 4.86. The number of nitrogens with one attached hydrogen (secondary N) is 2. The van der Waals surface area contributed by atoms with Gasteiger partial charge in [-0.3, -0.25) is 0 Å². The van der Waals surface area contributed by atoms with E-state index in [0.29, 0.717) is 6.04 Å². The van der Waals surface area contributed by atoms with E-state index in [4.69, 9.17) is 0 Å². The maximum atomic E-state index is 4.31. The highest BCUT2D eigenvalue weighted by atomic mass is 14.9. The van der Waals surface area contributed by atoms with Crippen LogP contribution in [0.5, 0.6) is 0 Å². The second kappa shape index (κ2) is 6.01. The zero-order valence-corrected chi connectivity index (χ0v) is 11.5. The molecule has 2 aromatic rings. The molecule has 2 aromatic heterocycles. The number of aromatic amines is 1. The Bertz CT molecular complexity index is 485. The predicted molar refractivity (Wildman–Crippen MR) is 76.5 cm³/mol. The molecule has 1 atom stereocenters. The van der Waals surface area contributed by atoms with E-state index in [1.54, 1.807) is 0 Å². The van der Waals surface area contributed by atoms with Gasteiger partial charge in [-0.15, -0.1) is 0 Å². The number of H-pyrrole nitrogens is 1. The van der Waals surface area contributed by atoms with Crippen molar-refractivity contribution in [1.82, 2.24) is 15.3 Å². The summed E-state index contributed by atoms with van der Waals surface area (Å²) in [5.41, 5.74) is 2.28. The van der Waals surface area contributed by atoms with Crippen molar-refractivity contribution in [1.29, 1.82) is 0 Å². The smallest absolute Gasteiger partial charge is 0.137 e. The Morgan fingerprint density at radius 1 is 1.33 bits per heavy atom. The number of hydrogen-bond donors (Lipinski definition) is 2. The molecule has 0 aliphatic carbocycles. The Balaban J connectivity index is 2.02. The van der Waals surface area contributed by atoms with Crippen LogP contribution < -0.4 is 5.32 Å². The number of pyridine rings is 1. The molecule has 0 aliphatic heterocycles. The van der Waals surface area contributed by atoms with Crippen molar-refractivity contribution in [3.8, 4) is 0 Å². The third-order valence-electron chi connectivity index (χ3n) is 3.91. The largest absolute Gasteiger partial charge is 0.346 e. The number of hydrogen-bond acceptors (Lipinski definition) is 2. The van der Waals surface area contributed by atoms with E-state index in [1.165, 1.54) is 23.8 Å². The second-order valence-electron chi connectivity index (χ2n) is 4.96. The average molecular weight is 245 g/mol. The summed E-state index contributed by atoms with van der Waals surface area (Å²) < 4.78 is 0. The quantitative estimate of drug-likeness (QED) is 0.818. The van der Waals surface area contributed by atoms with Gasteiger partial charge in [-0.25, -0.2) is 4.98 Å². The van der Waals surface area contributed by atoms with Crippen LogP contribution in [0.2, 0.25) is 0 Å². The minimum atomic E-state index is 0.557. The van der Waals surface area contributed by atoms with Crippen molar-refractivity contribution >= 4 is 11.0 Å². The Morgan fingerprint density at radius 2 is 2.11 bits per heavy atom. The first-order valence-electron chi connectivity index (χ1n) is 6.90. The molecule has 0 saturated heterocycles. The van der Waals surface area contributed by atoms with E-state index in [-0.39, 0.29) is 0 Å². The molecule has 3 heteroatoms. The Labute approximate surface area is 109 Å². The lowest BCUT2D eigenvalue weighted by molar-refractivity contribution is 0.353. The fourth-order valence-electron chi connectivity index (χ4n) is 2.59. The maximum Gasteiger partial charge on any atom is 0.137 e. The van der Waals surface area contributed by atoms with Crippen molar-refractivity contribution in [2.75, 3.05) is 0 Å². The highest BCUT2D eigenvalue weighted by molar-refractivity contribution is 5.79. The number of fused-ring (bicyclic) bond motifs is 1. The van der Waals surface area contributed by atoms with Crippen LogP contribution >= 0.6 is 0 Å². The van der Waals surface area contributed by atoms with Crippen LogP contribution in [0.15, 0.2) is 24.5 Å². The number of nitrogens with zero attached hydrogens (tertiary/aromatic N) is 1. The molecular formula is C15H23N3. The lowest BCUT2D eigenvalue weighted by Gasteiger charge is -2.22. The van der Waals surface area contributed by atoms with Crippen molar-refractivity contribution in [2.24, 2.45) is 5.92 Å². The topological polar surface area (TPSA) is 40.7 Å². The number of aromatic nitrogens is 2. The van der Waals surface area contributed by atoms with Gasteiger partial charge in [0.05, 0.1) is 0 Å². The first-order valence-corrected chi connectivity index (χ1v) is 6.90. The molecule has 0 spiro atoms. The standard InChI is InChI=1S/C15H23N3/c1-4-12(5-2)11(3)17-9-13-10-18-15-14(13)7-6-8-16-15/h6-8,10-12,17H,4-5,9H2,1-3H3,(H,16,18). The fraction of sp³-hybridized carbons (Fsp3) is 0.533. The van der Waals surface area contributed by atoms with Crippen LogP contribution in [0.1, 0.15) is 39.2 Å². The van der Waals surface area contributed by atoms with E-state index < -0.39 is 0 Å². The Hall–Kier alpha value is -1.35. The molecule has 0 amide bonds. The molecular weight excluding hydrogens is 222 g/mol. The van der Waals surface area contributed by atoms with E-state index in [0.717, 1.165) is 18.1 Å². The summed E-state index contributed by atoms with van der Waals surface area (Å²) in [6.07, 6.45) is 6.35. The monoisotopic (exact) mass is 245 g/mol. The SMILES string of the molecule is CCC(CC)C(C)NCc1c[nH]c2ncccc12. The zero-order valence-electron chi connectivity index (χ0n) is 11.5. The Kier molecular flexibility index (Phi) is 4.37. The number of rotatable bonds is 6. The van der Waals surface area contributed by atoms with Crippen LogP contribution in [0.25, 0.3) is 11.0 Å². The van der Waals surface area contributed by atoms with Gasteiger partial charge in [0.15, 0.2) is 0 Å². The molecule has 0 fully saturated rings. The molecule has 0 bridgehead atoms. The van der Waals surface area contributed by atoms with Crippen LogP contribution in [0, 0.1) is 5.92 Å². The highest BCUT2D eigenvalue weighted by Crippen LogP contribution is 2.17. The van der Waals surface area contributed by atoms with Crippen molar-refractivity contribution in [2.45, 2.75) is 46.2 Å². The van der Waals surface area contributed by atoms with E-state index >= 15 is 0 Å². The van der Waals surface area contributed by atoms with Gasteiger partial charge in [-0.1, -0.05) is 26.7 Å². The normalized spacial score (nSPS) is 13.3. The first kappa shape index (κ1) is 13.1. The molecule has 2 heterocycles. The van der Waals surface area contributed by atoms with Gasteiger partial charge >= 0.3 is 0 Å². The van der Waals surface area contributed by atoms with E-state index in [2.05, 4.69) is 48.3 Å². The minimum Gasteiger partial charge on any atom is -0.346 e. The summed E-state index contributed by atoms with van der Waals surface area (Å²) in [7, 11) is 0. The molecule has 2 N–H and O–H groups in total. The average Bonchev–Trinajstić information content (AvgIpc) is 2.81. The fourth-order valence-corrected chi connectivity index (χ4v) is 2.59. The minimum absolute atomic E-state index is 0.557. The third kappa shape index (κ3) is 2.72. The van der Waals surface area contributed by atoms with Crippen LogP contribution in [-0.4, -0.2) is 16.0 Å². The van der Waals surface area contributed by atoms with Crippen LogP contribution in [0.3, 0.4) is 0 Å². The summed E-state index contributed by atoms with van der Waals surface area (Å²) in [6.45, 7) is 7.72. The highest BCUT2D eigenvalue weighted by Gasteiger charge is 2.13. The van der Waals surface area contributed by atoms with Crippen LogP contribution in [0.4, 0.5) is 0 Å². The second-order valence-corrected chi connectivity index (χ2v) is 4.96. The van der Waals surface area contributed by atoms with Crippen molar-refractivity contribution in [3.63, 3.8) is 0 Å². The Morgan fingerprint density at radius 3 is 2.83 bits per heavy atom. The summed E-state index contributed by atoms with van der Waals surface area (Å²) >= 11 is 0. The lowest BCUT2D eigenvalue weighted by Crippen LogP contribution is -2.32. The van der Waals surface area contributed by atoms with Gasteiger partial charge in [0.2, 0.25) is 0 Å². The van der Waals surface area contributed by atoms with Gasteiger partial charge in [-0.2, -0.15) is 0 Å². The zero-order chi connectivity index (χ0) is 13.0. The van der Waals surface area contributed by atoms with Crippen molar-refractivity contribution < 1.29 is 0 Å². The third-order valence-corrected chi connectivity index (χ3v) is 3.91. The molecule has 98 valence electrons. The maximum absolute atomic E-state index is 4.31. The van der Waals surface area contributed by atoms with Gasteiger partial charge in [0, 0.05) is 30.4 Å². The molecule has 0 aliphatic rings. The molecule has 18 heavy (non-hydrogen) atoms. The molecule has 0 radical (unpaired) electrons. The van der Waals surface area contributed by atoms with Crippen molar-refractivity contribution in [3.05, 3.63) is 30.1 Å². The lowest BCUT2D eigenvalue weighted by atomic mass is 9.95. The van der Waals surface area contributed by atoms with E-state index in [1.807, 2.05) is 12.3 Å². The predicted octanol–water partition coefficient (Wildman–Crippen LogP) is 3.48. The van der Waals surface area contributed by atoms with Gasteiger partial charge in [0.1, 0.15) is 5.65 Å². The summed E-state index contributed by atoms with van der Waals surface area (Å²) in [5.74, 6) is 0.758. The molecule has 2 rings (SSSR count). The van der Waals surface area contributed by atoms with Crippen LogP contribution in [-0.2, 0) is 6.54 Å².